The smallest absolute Gasteiger partial charge is 0.0614 e. The molecule has 1 unspecified atom stereocenters. The van der Waals surface area contributed by atoms with Crippen LogP contribution in [0, 0.1) is 0 Å². The molecule has 0 saturated heterocycles. The van der Waals surface area contributed by atoms with E-state index in [-0.39, 0.29) is 0 Å². The lowest BCUT2D eigenvalue weighted by Crippen LogP contribution is -2.33. The topological polar surface area (TPSA) is 33.3 Å². The molecule has 2 N–H and O–H groups in total. The molecule has 0 amide bonds. The van der Waals surface area contributed by atoms with Crippen molar-refractivity contribution in [2.24, 2.45) is 0 Å². The van der Waals surface area contributed by atoms with Gasteiger partial charge in [-0.2, -0.15) is 0 Å². The van der Waals surface area contributed by atoms with Crippen molar-refractivity contribution in [1.29, 1.82) is 0 Å². The van der Waals surface area contributed by atoms with Crippen LogP contribution in [-0.4, -0.2) is 26.3 Å². The molecule has 0 aromatic heterocycles. The largest absolute Gasteiger partial charge is 0.385 e. The number of halogens is 2. The van der Waals surface area contributed by atoms with Crippen LogP contribution in [0.5, 0.6) is 0 Å². The molecule has 0 radical (unpaired) electrons. The Labute approximate surface area is 105 Å². The summed E-state index contributed by atoms with van der Waals surface area (Å²) in [5, 5.41) is 7.89. The molecule has 1 aromatic rings. The summed E-state index contributed by atoms with van der Waals surface area (Å²) in [6, 6.07) is 4.06. The Morgan fingerprint density at radius 3 is 2.69 bits per heavy atom. The summed E-state index contributed by atoms with van der Waals surface area (Å²) in [6.45, 7) is 1.62. The predicted molar refractivity (Wildman–Crippen MR) is 68.9 cm³/mol. The molecule has 1 aliphatic heterocycles. The molecular formula is C11H14Cl2N2O. The highest BCUT2D eigenvalue weighted by Gasteiger charge is 2.18. The number of ether oxygens (including phenoxy) is 1. The van der Waals surface area contributed by atoms with Gasteiger partial charge in [-0.05, 0) is 18.6 Å². The number of methoxy groups -OCH3 is 1. The minimum atomic E-state index is 0.365. The van der Waals surface area contributed by atoms with Crippen LogP contribution < -0.4 is 10.6 Å². The molecule has 0 bridgehead atoms. The van der Waals surface area contributed by atoms with E-state index in [1.165, 1.54) is 0 Å². The molecule has 2 rings (SSSR count). The van der Waals surface area contributed by atoms with Crippen molar-refractivity contribution in [3.05, 3.63) is 22.2 Å². The van der Waals surface area contributed by atoms with Crippen molar-refractivity contribution >= 4 is 34.6 Å². The Morgan fingerprint density at radius 2 is 2.00 bits per heavy atom. The molecular weight excluding hydrogens is 247 g/mol. The number of nitrogens with one attached hydrogen (secondary N) is 2. The van der Waals surface area contributed by atoms with Crippen LogP contribution in [0.1, 0.15) is 6.42 Å². The Bertz CT molecular complexity index is 384. The van der Waals surface area contributed by atoms with Crippen LogP contribution in [0.3, 0.4) is 0 Å². The van der Waals surface area contributed by atoms with E-state index in [1.807, 2.05) is 12.1 Å². The van der Waals surface area contributed by atoms with Gasteiger partial charge in [-0.15, -0.1) is 0 Å². The van der Waals surface area contributed by atoms with Crippen LogP contribution in [0.25, 0.3) is 0 Å². The van der Waals surface area contributed by atoms with E-state index in [0.717, 1.165) is 30.9 Å². The number of fused-ring (bicyclic) bond motifs is 1. The van der Waals surface area contributed by atoms with E-state index in [0.29, 0.717) is 16.1 Å². The van der Waals surface area contributed by atoms with Gasteiger partial charge in [0, 0.05) is 26.3 Å². The van der Waals surface area contributed by atoms with Gasteiger partial charge in [0.15, 0.2) is 0 Å². The van der Waals surface area contributed by atoms with Crippen LogP contribution >= 0.6 is 23.2 Å². The van der Waals surface area contributed by atoms with E-state index in [1.54, 1.807) is 7.11 Å². The van der Waals surface area contributed by atoms with Gasteiger partial charge in [-0.3, -0.25) is 0 Å². The summed E-state index contributed by atoms with van der Waals surface area (Å²) in [6.07, 6.45) is 0.961. The molecule has 88 valence electrons. The van der Waals surface area contributed by atoms with Crippen molar-refractivity contribution in [2.75, 3.05) is 30.9 Å². The molecule has 0 fully saturated rings. The molecule has 0 saturated carbocycles. The first-order chi connectivity index (χ1) is 7.70. The molecule has 0 aliphatic carbocycles. The van der Waals surface area contributed by atoms with Crippen LogP contribution in [0.2, 0.25) is 10.0 Å². The zero-order valence-electron chi connectivity index (χ0n) is 9.02. The average molecular weight is 261 g/mol. The van der Waals surface area contributed by atoms with Gasteiger partial charge in [0.25, 0.3) is 0 Å². The molecule has 0 spiro atoms. The minimum absolute atomic E-state index is 0.365. The van der Waals surface area contributed by atoms with Gasteiger partial charge in [-0.25, -0.2) is 0 Å². The molecule has 3 nitrogen and oxygen atoms in total. The van der Waals surface area contributed by atoms with Crippen LogP contribution in [0.4, 0.5) is 11.4 Å². The third-order valence-corrected chi connectivity index (χ3v) is 3.35. The molecule has 5 heteroatoms. The maximum atomic E-state index is 5.97. The monoisotopic (exact) mass is 260 g/mol. The van der Waals surface area contributed by atoms with Crippen molar-refractivity contribution in [3.63, 3.8) is 0 Å². The van der Waals surface area contributed by atoms with Gasteiger partial charge < -0.3 is 15.4 Å². The Kier molecular flexibility index (Phi) is 3.79. The normalized spacial score (nSPS) is 18.6. The Morgan fingerprint density at radius 1 is 1.31 bits per heavy atom. The Balaban J connectivity index is 2.11. The lowest BCUT2D eigenvalue weighted by atomic mass is 10.1. The number of benzene rings is 1. The first-order valence-corrected chi connectivity index (χ1v) is 5.94. The van der Waals surface area contributed by atoms with Crippen LogP contribution in [0.15, 0.2) is 12.1 Å². The van der Waals surface area contributed by atoms with Crippen molar-refractivity contribution in [1.82, 2.24) is 0 Å². The van der Waals surface area contributed by atoms with Gasteiger partial charge in [0.1, 0.15) is 0 Å². The second-order valence-electron chi connectivity index (χ2n) is 3.82. The van der Waals surface area contributed by atoms with E-state index in [2.05, 4.69) is 10.6 Å². The molecule has 1 aliphatic rings. The van der Waals surface area contributed by atoms with Gasteiger partial charge in [0.2, 0.25) is 0 Å². The minimum Gasteiger partial charge on any atom is -0.385 e. The van der Waals surface area contributed by atoms with E-state index < -0.39 is 0 Å². The van der Waals surface area contributed by atoms with Crippen molar-refractivity contribution in [2.45, 2.75) is 12.5 Å². The van der Waals surface area contributed by atoms with E-state index >= 15 is 0 Å². The zero-order valence-corrected chi connectivity index (χ0v) is 10.5. The first kappa shape index (κ1) is 11.8. The van der Waals surface area contributed by atoms with E-state index in [4.69, 9.17) is 27.9 Å². The predicted octanol–water partition coefficient (Wildman–Crippen LogP) is 3.24. The maximum absolute atomic E-state index is 5.97. The highest BCUT2D eigenvalue weighted by Crippen LogP contribution is 2.34. The second kappa shape index (κ2) is 5.13. The van der Waals surface area contributed by atoms with Gasteiger partial charge in [-0.1, -0.05) is 23.2 Å². The molecule has 1 aromatic carbocycles. The summed E-state index contributed by atoms with van der Waals surface area (Å²) in [5.41, 5.74) is 2.00. The summed E-state index contributed by atoms with van der Waals surface area (Å²) in [5.74, 6) is 0. The molecule has 1 heterocycles. The SMILES string of the molecule is COCCC1CNc2cc(Cl)c(Cl)cc2N1. The van der Waals surface area contributed by atoms with Crippen molar-refractivity contribution < 1.29 is 4.74 Å². The molecule has 16 heavy (non-hydrogen) atoms. The van der Waals surface area contributed by atoms with Gasteiger partial charge in [0.05, 0.1) is 21.4 Å². The number of rotatable bonds is 3. The summed E-state index contributed by atoms with van der Waals surface area (Å²) < 4.78 is 5.06. The van der Waals surface area contributed by atoms with E-state index in [9.17, 15) is 0 Å². The fourth-order valence-electron chi connectivity index (χ4n) is 1.75. The third-order valence-electron chi connectivity index (χ3n) is 2.63. The Hall–Kier alpha value is -0.640. The van der Waals surface area contributed by atoms with Crippen molar-refractivity contribution in [3.8, 4) is 0 Å². The highest BCUT2D eigenvalue weighted by molar-refractivity contribution is 6.42. The second-order valence-corrected chi connectivity index (χ2v) is 4.63. The molecule has 1 atom stereocenters. The fraction of sp³-hybridized carbons (Fsp3) is 0.455. The standard InChI is InChI=1S/C11H14Cl2N2O/c1-16-3-2-7-6-14-10-4-8(12)9(13)5-11(10)15-7/h4-5,7,14-15H,2-3,6H2,1H3. The zero-order chi connectivity index (χ0) is 11.5. The summed E-state index contributed by atoms with van der Waals surface area (Å²) in [4.78, 5) is 0. The summed E-state index contributed by atoms with van der Waals surface area (Å²) >= 11 is 11.9. The first-order valence-electron chi connectivity index (χ1n) is 5.19. The maximum Gasteiger partial charge on any atom is 0.0614 e. The third kappa shape index (κ3) is 2.54. The lowest BCUT2D eigenvalue weighted by molar-refractivity contribution is 0.190. The quantitative estimate of drug-likeness (QED) is 0.876. The fourth-order valence-corrected chi connectivity index (χ4v) is 2.08. The average Bonchev–Trinajstić information content (AvgIpc) is 2.28. The summed E-state index contributed by atoms with van der Waals surface area (Å²) in [7, 11) is 1.71. The number of anilines is 2. The van der Waals surface area contributed by atoms with Crippen LogP contribution in [-0.2, 0) is 4.74 Å². The number of hydrogen-bond acceptors (Lipinski definition) is 3. The number of hydrogen-bond donors (Lipinski definition) is 2. The van der Waals surface area contributed by atoms with Gasteiger partial charge >= 0.3 is 0 Å². The highest BCUT2D eigenvalue weighted by atomic mass is 35.5. The lowest BCUT2D eigenvalue weighted by Gasteiger charge is -2.28.